The monoisotopic (exact) mass is 253 g/mol. The number of nitrogens with one attached hydrogen (secondary N) is 1. The van der Waals surface area contributed by atoms with Gasteiger partial charge in [0.25, 0.3) is 0 Å². The van der Waals surface area contributed by atoms with E-state index in [1.165, 1.54) is 12.1 Å². The van der Waals surface area contributed by atoms with Gasteiger partial charge in [-0.15, -0.1) is 0 Å². The number of esters is 1. The predicted octanol–water partition coefficient (Wildman–Crippen LogP) is 2.82. The lowest BCUT2D eigenvalue weighted by molar-refractivity contribution is -0.143. The van der Waals surface area contributed by atoms with Gasteiger partial charge in [0.2, 0.25) is 0 Å². The molecule has 1 aromatic carbocycles. The number of hydrogen-bond acceptors (Lipinski definition) is 3. The summed E-state index contributed by atoms with van der Waals surface area (Å²) in [5.74, 6) is -0.577. The van der Waals surface area contributed by atoms with Crippen LogP contribution in [0.4, 0.5) is 4.39 Å². The van der Waals surface area contributed by atoms with Gasteiger partial charge in [-0.1, -0.05) is 26.0 Å². The summed E-state index contributed by atoms with van der Waals surface area (Å²) in [5.41, 5.74) is 0.761. The van der Waals surface area contributed by atoms with Gasteiger partial charge < -0.3 is 10.1 Å². The lowest BCUT2D eigenvalue weighted by Gasteiger charge is -2.21. The molecule has 0 fully saturated rings. The molecule has 1 N–H and O–H groups in total. The molecule has 0 aromatic heterocycles. The molecular weight excluding hydrogens is 233 g/mol. The highest BCUT2D eigenvalue weighted by molar-refractivity contribution is 5.70. The van der Waals surface area contributed by atoms with Gasteiger partial charge in [-0.05, 0) is 24.6 Å². The van der Waals surface area contributed by atoms with Crippen LogP contribution in [-0.2, 0) is 9.53 Å². The van der Waals surface area contributed by atoms with E-state index in [1.807, 2.05) is 19.9 Å². The van der Waals surface area contributed by atoms with Crippen LogP contribution >= 0.6 is 0 Å². The molecule has 0 saturated carbocycles. The Morgan fingerprint density at radius 2 is 2.17 bits per heavy atom. The van der Waals surface area contributed by atoms with Gasteiger partial charge in [-0.25, -0.2) is 4.39 Å². The molecule has 0 aliphatic heterocycles. The zero-order chi connectivity index (χ0) is 13.5. The summed E-state index contributed by atoms with van der Waals surface area (Å²) in [4.78, 5) is 11.5. The lowest BCUT2D eigenvalue weighted by atomic mass is 10.0. The molecule has 0 aliphatic carbocycles. The van der Waals surface area contributed by atoms with Crippen LogP contribution in [-0.4, -0.2) is 18.6 Å². The van der Waals surface area contributed by atoms with Crippen LogP contribution in [0.1, 0.15) is 38.8 Å². The largest absolute Gasteiger partial charge is 0.466 e. The van der Waals surface area contributed by atoms with Crippen LogP contribution in [0, 0.1) is 5.82 Å². The van der Waals surface area contributed by atoms with Crippen LogP contribution in [0.2, 0.25) is 0 Å². The maximum atomic E-state index is 13.2. The molecule has 0 spiro atoms. The first-order valence-electron chi connectivity index (χ1n) is 6.20. The number of halogens is 1. The third kappa shape index (κ3) is 4.84. The van der Waals surface area contributed by atoms with E-state index in [4.69, 9.17) is 4.74 Å². The zero-order valence-corrected chi connectivity index (χ0v) is 11.1. The van der Waals surface area contributed by atoms with Gasteiger partial charge >= 0.3 is 5.97 Å². The number of hydrogen-bond donors (Lipinski definition) is 1. The summed E-state index contributed by atoms with van der Waals surface area (Å²) >= 11 is 0. The molecule has 0 heterocycles. The van der Waals surface area contributed by atoms with Crippen molar-refractivity contribution >= 4 is 5.97 Å². The highest BCUT2D eigenvalue weighted by atomic mass is 19.1. The number of ether oxygens (including phenoxy) is 1. The number of carbonyl (C=O) groups is 1. The molecule has 0 bridgehead atoms. The topological polar surface area (TPSA) is 38.3 Å². The van der Waals surface area contributed by atoms with Crippen molar-refractivity contribution in [2.75, 3.05) is 6.61 Å². The third-order valence-electron chi connectivity index (χ3n) is 2.46. The molecule has 1 aromatic rings. The Balaban J connectivity index is 2.80. The molecule has 0 aliphatic rings. The highest BCUT2D eigenvalue weighted by Crippen LogP contribution is 2.19. The smallest absolute Gasteiger partial charge is 0.307 e. The second kappa shape index (κ2) is 7.11. The Morgan fingerprint density at radius 1 is 1.44 bits per heavy atom. The molecule has 3 nitrogen and oxygen atoms in total. The molecule has 4 heteroatoms. The van der Waals surface area contributed by atoms with E-state index in [9.17, 15) is 9.18 Å². The predicted molar refractivity (Wildman–Crippen MR) is 68.7 cm³/mol. The fraction of sp³-hybridized carbons (Fsp3) is 0.500. The average molecular weight is 253 g/mol. The SMILES string of the molecule is CCOC(=O)CC(NC(C)C)c1cccc(F)c1. The van der Waals surface area contributed by atoms with Crippen LogP contribution < -0.4 is 5.32 Å². The minimum Gasteiger partial charge on any atom is -0.466 e. The Hall–Kier alpha value is -1.42. The van der Waals surface area contributed by atoms with Crippen molar-refractivity contribution in [3.8, 4) is 0 Å². The highest BCUT2D eigenvalue weighted by Gasteiger charge is 2.17. The van der Waals surface area contributed by atoms with Crippen LogP contribution in [0.15, 0.2) is 24.3 Å². The Labute approximate surface area is 107 Å². The summed E-state index contributed by atoms with van der Waals surface area (Å²) in [6, 6.07) is 6.26. The fourth-order valence-corrected chi connectivity index (χ4v) is 1.79. The molecule has 18 heavy (non-hydrogen) atoms. The second-order valence-electron chi connectivity index (χ2n) is 4.44. The van der Waals surface area contributed by atoms with Gasteiger partial charge in [0.1, 0.15) is 5.82 Å². The van der Waals surface area contributed by atoms with Gasteiger partial charge in [-0.3, -0.25) is 4.79 Å². The van der Waals surface area contributed by atoms with E-state index < -0.39 is 0 Å². The van der Waals surface area contributed by atoms with E-state index in [1.54, 1.807) is 13.0 Å². The summed E-state index contributed by atoms with van der Waals surface area (Å²) in [5, 5.41) is 3.25. The molecule has 1 atom stereocenters. The normalized spacial score (nSPS) is 12.5. The minimum atomic E-state index is -0.299. The molecule has 0 amide bonds. The first-order valence-corrected chi connectivity index (χ1v) is 6.20. The van der Waals surface area contributed by atoms with Crippen molar-refractivity contribution in [3.63, 3.8) is 0 Å². The van der Waals surface area contributed by atoms with Gasteiger partial charge in [0.15, 0.2) is 0 Å². The first kappa shape index (κ1) is 14.6. The van der Waals surface area contributed by atoms with Gasteiger partial charge in [-0.2, -0.15) is 0 Å². The van der Waals surface area contributed by atoms with E-state index in [2.05, 4.69) is 5.32 Å². The van der Waals surface area contributed by atoms with Crippen molar-refractivity contribution in [1.82, 2.24) is 5.32 Å². The standard InChI is InChI=1S/C14H20FNO2/c1-4-18-14(17)9-13(16-10(2)3)11-6-5-7-12(15)8-11/h5-8,10,13,16H,4,9H2,1-3H3. The van der Waals surface area contributed by atoms with Crippen LogP contribution in [0.25, 0.3) is 0 Å². The number of benzene rings is 1. The summed E-state index contributed by atoms with van der Waals surface area (Å²) < 4.78 is 18.1. The van der Waals surface area contributed by atoms with Crippen LogP contribution in [0.3, 0.4) is 0 Å². The Morgan fingerprint density at radius 3 is 2.72 bits per heavy atom. The third-order valence-corrected chi connectivity index (χ3v) is 2.46. The van der Waals surface area contributed by atoms with Crippen molar-refractivity contribution in [2.45, 2.75) is 39.3 Å². The minimum absolute atomic E-state index is 0.202. The summed E-state index contributed by atoms with van der Waals surface area (Å²) in [6.45, 7) is 6.09. The zero-order valence-electron chi connectivity index (χ0n) is 11.1. The molecule has 1 rings (SSSR count). The van der Waals surface area contributed by atoms with Crippen molar-refractivity contribution in [3.05, 3.63) is 35.6 Å². The van der Waals surface area contributed by atoms with Gasteiger partial charge in [0.05, 0.1) is 13.0 Å². The second-order valence-corrected chi connectivity index (χ2v) is 4.44. The van der Waals surface area contributed by atoms with E-state index in [0.717, 1.165) is 5.56 Å². The Bertz CT molecular complexity index is 393. The maximum Gasteiger partial charge on any atom is 0.307 e. The molecule has 0 radical (unpaired) electrons. The van der Waals surface area contributed by atoms with Gasteiger partial charge in [0, 0.05) is 12.1 Å². The van der Waals surface area contributed by atoms with Crippen molar-refractivity contribution < 1.29 is 13.9 Å². The lowest BCUT2D eigenvalue weighted by Crippen LogP contribution is -2.30. The molecule has 1 unspecified atom stereocenters. The first-order chi connectivity index (χ1) is 8.52. The molecule has 100 valence electrons. The van der Waals surface area contributed by atoms with Crippen molar-refractivity contribution in [1.29, 1.82) is 0 Å². The fourth-order valence-electron chi connectivity index (χ4n) is 1.79. The van der Waals surface area contributed by atoms with Crippen molar-refractivity contribution in [2.24, 2.45) is 0 Å². The number of carbonyl (C=O) groups excluding carboxylic acids is 1. The quantitative estimate of drug-likeness (QED) is 0.792. The average Bonchev–Trinajstić information content (AvgIpc) is 2.28. The molecule has 0 saturated heterocycles. The van der Waals surface area contributed by atoms with E-state index >= 15 is 0 Å². The summed E-state index contributed by atoms with van der Waals surface area (Å²) in [6.07, 6.45) is 0.204. The molecular formula is C14H20FNO2. The van der Waals surface area contributed by atoms with E-state index in [-0.39, 0.29) is 30.3 Å². The summed E-state index contributed by atoms with van der Waals surface area (Å²) in [7, 11) is 0. The van der Waals surface area contributed by atoms with E-state index in [0.29, 0.717) is 6.61 Å². The number of rotatable bonds is 6. The maximum absolute atomic E-state index is 13.2. The Kier molecular flexibility index (Phi) is 5.78. The van der Waals surface area contributed by atoms with Crippen LogP contribution in [0.5, 0.6) is 0 Å².